The van der Waals surface area contributed by atoms with E-state index in [1.54, 1.807) is 18.3 Å². The molecule has 0 saturated heterocycles. The minimum atomic E-state index is -0.674. The molecule has 9 heteroatoms. The highest BCUT2D eigenvalue weighted by Gasteiger charge is 2.19. The summed E-state index contributed by atoms with van der Waals surface area (Å²) < 4.78 is 6.60. The number of furan rings is 1. The molecule has 0 aliphatic rings. The fourth-order valence-corrected chi connectivity index (χ4v) is 2.24. The Bertz CT molecular complexity index is 870. The Morgan fingerprint density at radius 1 is 1.32 bits per heavy atom. The molecule has 2 heterocycles. The smallest absolute Gasteiger partial charge is 0.272 e. The molecule has 3 rings (SSSR count). The highest BCUT2D eigenvalue weighted by Crippen LogP contribution is 2.16. The van der Waals surface area contributed by atoms with Crippen LogP contribution < -0.4 is 5.32 Å². The van der Waals surface area contributed by atoms with Crippen LogP contribution in [0.25, 0.3) is 5.69 Å². The van der Waals surface area contributed by atoms with Gasteiger partial charge in [-0.25, -0.2) is 4.68 Å². The van der Waals surface area contributed by atoms with Crippen molar-refractivity contribution in [2.45, 2.75) is 6.04 Å². The number of carbonyl (C=O) groups excluding carboxylic acids is 1. The van der Waals surface area contributed by atoms with Crippen molar-refractivity contribution in [3.05, 3.63) is 76.5 Å². The number of hydrogen-bond donors (Lipinski definition) is 2. The predicted molar refractivity (Wildman–Crippen MR) is 86.2 cm³/mol. The first-order chi connectivity index (χ1) is 12.1. The number of nitro benzene ring substituents is 1. The Morgan fingerprint density at radius 3 is 2.68 bits per heavy atom. The maximum absolute atomic E-state index is 12.3. The maximum Gasteiger partial charge on any atom is 0.272 e. The molecule has 1 aromatic carbocycles. The van der Waals surface area contributed by atoms with E-state index in [-0.39, 0.29) is 18.0 Å². The summed E-state index contributed by atoms with van der Waals surface area (Å²) in [5.41, 5.74) is 0.691. The summed E-state index contributed by atoms with van der Waals surface area (Å²) in [6.45, 7) is -0.317. The minimum absolute atomic E-state index is 0.0295. The average Bonchev–Trinajstić information content (AvgIpc) is 3.31. The van der Waals surface area contributed by atoms with Gasteiger partial charge < -0.3 is 14.8 Å². The zero-order chi connectivity index (χ0) is 17.8. The topological polar surface area (TPSA) is 123 Å². The lowest BCUT2D eigenvalue weighted by Crippen LogP contribution is -2.30. The molecule has 3 aromatic rings. The lowest BCUT2D eigenvalue weighted by molar-refractivity contribution is -0.384. The summed E-state index contributed by atoms with van der Waals surface area (Å²) in [7, 11) is 0. The molecular weight excluding hydrogens is 328 g/mol. The Hall–Kier alpha value is -3.46. The van der Waals surface area contributed by atoms with Crippen LogP contribution in [0.5, 0.6) is 0 Å². The highest BCUT2D eigenvalue weighted by molar-refractivity contribution is 5.92. The second-order valence-corrected chi connectivity index (χ2v) is 5.14. The molecule has 1 atom stereocenters. The van der Waals surface area contributed by atoms with E-state index in [4.69, 9.17) is 4.42 Å². The molecule has 1 unspecified atom stereocenters. The Morgan fingerprint density at radius 2 is 2.08 bits per heavy atom. The number of aliphatic hydroxyl groups excluding tert-OH is 1. The lowest BCUT2D eigenvalue weighted by atomic mass is 10.2. The van der Waals surface area contributed by atoms with Crippen molar-refractivity contribution in [1.82, 2.24) is 15.1 Å². The quantitative estimate of drug-likeness (QED) is 0.520. The van der Waals surface area contributed by atoms with E-state index in [1.165, 1.54) is 41.3 Å². The first-order valence-electron chi connectivity index (χ1n) is 7.34. The molecule has 0 aliphatic carbocycles. The monoisotopic (exact) mass is 342 g/mol. The van der Waals surface area contributed by atoms with Crippen LogP contribution in [-0.2, 0) is 0 Å². The molecule has 2 N–H and O–H groups in total. The lowest BCUT2D eigenvalue weighted by Gasteiger charge is -2.12. The second-order valence-electron chi connectivity index (χ2n) is 5.14. The van der Waals surface area contributed by atoms with E-state index in [2.05, 4.69) is 10.4 Å². The average molecular weight is 342 g/mol. The standard InChI is InChI=1S/C16H14N4O5/c21-10-14(15-2-1-9-25-15)17-16(22)13-7-8-19(18-13)11-3-5-12(6-4-11)20(23)24/h1-9,14,21H,10H2,(H,17,22). The zero-order valence-electron chi connectivity index (χ0n) is 12.9. The molecular formula is C16H14N4O5. The molecule has 25 heavy (non-hydrogen) atoms. The third-order valence-electron chi connectivity index (χ3n) is 3.52. The van der Waals surface area contributed by atoms with E-state index in [1.807, 2.05) is 0 Å². The maximum atomic E-state index is 12.3. The van der Waals surface area contributed by atoms with Gasteiger partial charge in [-0.2, -0.15) is 5.10 Å². The predicted octanol–water partition coefficient (Wildman–Crippen LogP) is 1.84. The van der Waals surface area contributed by atoms with Crippen molar-refractivity contribution in [3.63, 3.8) is 0 Å². The molecule has 0 radical (unpaired) electrons. The van der Waals surface area contributed by atoms with Gasteiger partial charge in [0.25, 0.3) is 11.6 Å². The number of nitrogens with zero attached hydrogens (tertiary/aromatic N) is 3. The van der Waals surface area contributed by atoms with Crippen molar-refractivity contribution >= 4 is 11.6 Å². The van der Waals surface area contributed by atoms with E-state index < -0.39 is 16.9 Å². The van der Waals surface area contributed by atoms with Crippen LogP contribution in [0.3, 0.4) is 0 Å². The summed E-state index contributed by atoms with van der Waals surface area (Å²) in [6, 6.07) is 9.92. The number of amides is 1. The molecule has 0 fully saturated rings. The van der Waals surface area contributed by atoms with Crippen molar-refractivity contribution in [1.29, 1.82) is 0 Å². The van der Waals surface area contributed by atoms with Gasteiger partial charge in [0.1, 0.15) is 11.8 Å². The fourth-order valence-electron chi connectivity index (χ4n) is 2.24. The number of nitro groups is 1. The molecule has 0 aliphatic heterocycles. The Balaban J connectivity index is 1.74. The highest BCUT2D eigenvalue weighted by atomic mass is 16.6. The summed E-state index contributed by atoms with van der Waals surface area (Å²) in [5, 5.41) is 26.8. The minimum Gasteiger partial charge on any atom is -0.467 e. The number of hydrogen-bond acceptors (Lipinski definition) is 6. The molecule has 1 amide bonds. The first kappa shape index (κ1) is 16.4. The number of aliphatic hydroxyl groups is 1. The van der Waals surface area contributed by atoms with Gasteiger partial charge in [-0.1, -0.05) is 0 Å². The van der Waals surface area contributed by atoms with Gasteiger partial charge in [-0.05, 0) is 30.3 Å². The van der Waals surface area contributed by atoms with Gasteiger partial charge in [0.2, 0.25) is 0 Å². The fraction of sp³-hybridized carbons (Fsp3) is 0.125. The number of carbonyl (C=O) groups is 1. The Labute approximate surface area is 141 Å². The zero-order valence-corrected chi connectivity index (χ0v) is 12.9. The molecule has 128 valence electrons. The van der Waals surface area contributed by atoms with E-state index in [0.717, 1.165) is 0 Å². The normalized spacial score (nSPS) is 11.9. The summed E-state index contributed by atoms with van der Waals surface area (Å²) in [6.07, 6.45) is 3.02. The van der Waals surface area contributed by atoms with E-state index >= 15 is 0 Å². The van der Waals surface area contributed by atoms with Crippen LogP contribution in [0.15, 0.2) is 59.3 Å². The first-order valence-corrected chi connectivity index (χ1v) is 7.34. The van der Waals surface area contributed by atoms with E-state index in [0.29, 0.717) is 11.4 Å². The van der Waals surface area contributed by atoms with Gasteiger partial charge in [-0.3, -0.25) is 14.9 Å². The van der Waals surface area contributed by atoms with Crippen LogP contribution >= 0.6 is 0 Å². The number of aromatic nitrogens is 2. The van der Waals surface area contributed by atoms with Crippen molar-refractivity contribution in [2.24, 2.45) is 0 Å². The molecule has 0 bridgehead atoms. The summed E-state index contributed by atoms with van der Waals surface area (Å²) >= 11 is 0. The third-order valence-corrected chi connectivity index (χ3v) is 3.52. The summed E-state index contributed by atoms with van der Waals surface area (Å²) in [4.78, 5) is 22.5. The number of nitrogens with one attached hydrogen (secondary N) is 1. The number of rotatable bonds is 6. The summed E-state index contributed by atoms with van der Waals surface area (Å²) in [5.74, 6) is -0.0400. The third kappa shape index (κ3) is 3.56. The van der Waals surface area contributed by atoms with Crippen molar-refractivity contribution in [2.75, 3.05) is 6.61 Å². The van der Waals surface area contributed by atoms with Crippen LogP contribution in [0.2, 0.25) is 0 Å². The SMILES string of the molecule is O=C(NC(CO)c1ccco1)c1ccn(-c2ccc([N+](=O)[O-])cc2)n1. The van der Waals surface area contributed by atoms with Crippen LogP contribution in [-0.4, -0.2) is 32.3 Å². The van der Waals surface area contributed by atoms with Gasteiger partial charge in [-0.15, -0.1) is 0 Å². The van der Waals surface area contributed by atoms with Crippen LogP contribution in [0, 0.1) is 10.1 Å². The van der Waals surface area contributed by atoms with Crippen LogP contribution in [0.1, 0.15) is 22.3 Å². The van der Waals surface area contributed by atoms with Gasteiger partial charge >= 0.3 is 0 Å². The van der Waals surface area contributed by atoms with Gasteiger partial charge in [0.05, 0.1) is 23.5 Å². The van der Waals surface area contributed by atoms with E-state index in [9.17, 15) is 20.0 Å². The van der Waals surface area contributed by atoms with Crippen LogP contribution in [0.4, 0.5) is 5.69 Å². The number of non-ortho nitro benzene ring substituents is 1. The molecule has 9 nitrogen and oxygen atoms in total. The second kappa shape index (κ2) is 6.97. The molecule has 0 spiro atoms. The van der Waals surface area contributed by atoms with Gasteiger partial charge in [0.15, 0.2) is 5.69 Å². The number of benzene rings is 1. The molecule has 0 saturated carbocycles. The van der Waals surface area contributed by atoms with Crippen molar-refractivity contribution in [3.8, 4) is 5.69 Å². The Kier molecular flexibility index (Phi) is 4.57. The van der Waals surface area contributed by atoms with Gasteiger partial charge in [0, 0.05) is 18.3 Å². The van der Waals surface area contributed by atoms with Crippen molar-refractivity contribution < 1.29 is 19.2 Å². The largest absolute Gasteiger partial charge is 0.467 e. The molecule has 2 aromatic heterocycles.